The maximum atomic E-state index is 12.4. The standard InChI is InChI=1S/C19H23NO4/c1-20(13-15-8-9-17(23-3)18(11-15)24-4)19(21)12-14-6-5-7-16(10-14)22-2/h5-11H,12-13H2,1-4H3. The summed E-state index contributed by atoms with van der Waals surface area (Å²) in [5.74, 6) is 2.12. The van der Waals surface area contributed by atoms with Gasteiger partial charge in [0.25, 0.3) is 0 Å². The zero-order valence-corrected chi connectivity index (χ0v) is 14.5. The van der Waals surface area contributed by atoms with Gasteiger partial charge in [-0.3, -0.25) is 4.79 Å². The molecule has 1 amide bonds. The van der Waals surface area contributed by atoms with E-state index >= 15 is 0 Å². The van der Waals surface area contributed by atoms with Gasteiger partial charge in [0, 0.05) is 13.6 Å². The minimum Gasteiger partial charge on any atom is -0.497 e. The Morgan fingerprint density at radius 1 is 0.917 bits per heavy atom. The van der Waals surface area contributed by atoms with Crippen molar-refractivity contribution in [2.75, 3.05) is 28.4 Å². The molecule has 0 aliphatic carbocycles. The Labute approximate surface area is 142 Å². The van der Waals surface area contributed by atoms with Crippen LogP contribution in [0.2, 0.25) is 0 Å². The lowest BCUT2D eigenvalue weighted by molar-refractivity contribution is -0.129. The van der Waals surface area contributed by atoms with Gasteiger partial charge in [-0.25, -0.2) is 0 Å². The van der Waals surface area contributed by atoms with Crippen LogP contribution in [0.25, 0.3) is 0 Å². The van der Waals surface area contributed by atoms with Crippen LogP contribution in [0, 0.1) is 0 Å². The van der Waals surface area contributed by atoms with Crippen molar-refractivity contribution >= 4 is 5.91 Å². The number of likely N-dealkylation sites (N-methyl/N-ethyl adjacent to an activating group) is 1. The first-order chi connectivity index (χ1) is 11.6. The number of carbonyl (C=O) groups excluding carboxylic acids is 1. The Kier molecular flexibility index (Phi) is 6.07. The molecular formula is C19H23NO4. The predicted molar refractivity (Wildman–Crippen MR) is 92.7 cm³/mol. The van der Waals surface area contributed by atoms with Crippen molar-refractivity contribution in [3.8, 4) is 17.2 Å². The van der Waals surface area contributed by atoms with Gasteiger partial charge in [-0.05, 0) is 35.4 Å². The highest BCUT2D eigenvalue weighted by Gasteiger charge is 2.12. The summed E-state index contributed by atoms with van der Waals surface area (Å²) in [5.41, 5.74) is 1.91. The third kappa shape index (κ3) is 4.41. The molecule has 5 heteroatoms. The van der Waals surface area contributed by atoms with E-state index in [1.807, 2.05) is 42.5 Å². The molecule has 0 atom stereocenters. The monoisotopic (exact) mass is 329 g/mol. The quantitative estimate of drug-likeness (QED) is 0.784. The summed E-state index contributed by atoms with van der Waals surface area (Å²) < 4.78 is 15.7. The van der Waals surface area contributed by atoms with Gasteiger partial charge in [0.2, 0.25) is 5.91 Å². The van der Waals surface area contributed by atoms with Crippen LogP contribution in [-0.2, 0) is 17.8 Å². The first-order valence-corrected chi connectivity index (χ1v) is 7.65. The summed E-state index contributed by atoms with van der Waals surface area (Å²) in [6.45, 7) is 0.503. The second-order valence-electron chi connectivity index (χ2n) is 5.47. The van der Waals surface area contributed by atoms with E-state index in [4.69, 9.17) is 14.2 Å². The van der Waals surface area contributed by atoms with E-state index < -0.39 is 0 Å². The van der Waals surface area contributed by atoms with E-state index in [1.54, 1.807) is 33.3 Å². The Morgan fingerprint density at radius 2 is 1.67 bits per heavy atom. The fraction of sp³-hybridized carbons (Fsp3) is 0.316. The smallest absolute Gasteiger partial charge is 0.227 e. The van der Waals surface area contributed by atoms with E-state index in [0.717, 1.165) is 16.9 Å². The van der Waals surface area contributed by atoms with Crippen molar-refractivity contribution in [2.24, 2.45) is 0 Å². The zero-order valence-electron chi connectivity index (χ0n) is 14.5. The lowest BCUT2D eigenvalue weighted by atomic mass is 10.1. The lowest BCUT2D eigenvalue weighted by Gasteiger charge is -2.18. The molecule has 0 N–H and O–H groups in total. The van der Waals surface area contributed by atoms with E-state index in [9.17, 15) is 4.79 Å². The van der Waals surface area contributed by atoms with Gasteiger partial charge in [0.1, 0.15) is 5.75 Å². The molecule has 0 unspecified atom stereocenters. The van der Waals surface area contributed by atoms with Crippen molar-refractivity contribution in [3.63, 3.8) is 0 Å². The Morgan fingerprint density at radius 3 is 2.33 bits per heavy atom. The molecule has 0 radical (unpaired) electrons. The molecule has 0 aliphatic rings. The van der Waals surface area contributed by atoms with Gasteiger partial charge in [-0.1, -0.05) is 18.2 Å². The van der Waals surface area contributed by atoms with Crippen LogP contribution in [0.15, 0.2) is 42.5 Å². The number of carbonyl (C=O) groups is 1. The Hall–Kier alpha value is -2.69. The average Bonchev–Trinajstić information content (AvgIpc) is 2.61. The summed E-state index contributed by atoms with van der Waals surface area (Å²) in [4.78, 5) is 14.1. The molecule has 0 heterocycles. The van der Waals surface area contributed by atoms with Gasteiger partial charge in [-0.2, -0.15) is 0 Å². The molecule has 2 aromatic rings. The minimum atomic E-state index is 0.0398. The Balaban J connectivity index is 2.03. The van der Waals surface area contributed by atoms with Crippen LogP contribution in [0.3, 0.4) is 0 Å². The SMILES string of the molecule is COc1cccc(CC(=O)N(C)Cc2ccc(OC)c(OC)c2)c1. The number of nitrogens with zero attached hydrogens (tertiary/aromatic N) is 1. The predicted octanol–water partition coefficient (Wildman–Crippen LogP) is 2.91. The fourth-order valence-corrected chi connectivity index (χ4v) is 2.43. The number of hydrogen-bond acceptors (Lipinski definition) is 4. The topological polar surface area (TPSA) is 48.0 Å². The maximum absolute atomic E-state index is 12.4. The van der Waals surface area contributed by atoms with E-state index in [-0.39, 0.29) is 5.91 Å². The van der Waals surface area contributed by atoms with E-state index in [2.05, 4.69) is 0 Å². The fourth-order valence-electron chi connectivity index (χ4n) is 2.43. The summed E-state index contributed by atoms with van der Waals surface area (Å²) in [5, 5.41) is 0. The third-order valence-corrected chi connectivity index (χ3v) is 3.78. The number of methoxy groups -OCH3 is 3. The highest BCUT2D eigenvalue weighted by molar-refractivity contribution is 5.78. The summed E-state index contributed by atoms with van der Waals surface area (Å²) in [6.07, 6.45) is 0.334. The average molecular weight is 329 g/mol. The number of rotatable bonds is 7. The molecule has 0 saturated heterocycles. The molecule has 128 valence electrons. The molecule has 5 nitrogen and oxygen atoms in total. The van der Waals surface area contributed by atoms with Crippen molar-refractivity contribution in [3.05, 3.63) is 53.6 Å². The first kappa shape index (κ1) is 17.7. The molecule has 24 heavy (non-hydrogen) atoms. The third-order valence-electron chi connectivity index (χ3n) is 3.78. The molecule has 0 aliphatic heterocycles. The van der Waals surface area contributed by atoms with E-state index in [1.165, 1.54) is 0 Å². The highest BCUT2D eigenvalue weighted by atomic mass is 16.5. The summed E-state index contributed by atoms with van der Waals surface area (Å²) in [6, 6.07) is 13.2. The molecule has 0 bridgehead atoms. The Bertz CT molecular complexity index is 700. The normalized spacial score (nSPS) is 10.2. The van der Waals surface area contributed by atoms with E-state index in [0.29, 0.717) is 24.5 Å². The number of benzene rings is 2. The number of amides is 1. The van der Waals surface area contributed by atoms with Crippen LogP contribution in [-0.4, -0.2) is 39.2 Å². The largest absolute Gasteiger partial charge is 0.497 e. The second-order valence-corrected chi connectivity index (χ2v) is 5.47. The van der Waals surface area contributed by atoms with Crippen molar-refractivity contribution < 1.29 is 19.0 Å². The first-order valence-electron chi connectivity index (χ1n) is 7.65. The van der Waals surface area contributed by atoms with Crippen molar-refractivity contribution in [1.29, 1.82) is 0 Å². The van der Waals surface area contributed by atoms with Crippen molar-refractivity contribution in [2.45, 2.75) is 13.0 Å². The number of ether oxygens (including phenoxy) is 3. The van der Waals surface area contributed by atoms with Crippen LogP contribution >= 0.6 is 0 Å². The van der Waals surface area contributed by atoms with Crippen LogP contribution in [0.5, 0.6) is 17.2 Å². The second kappa shape index (κ2) is 8.24. The number of hydrogen-bond donors (Lipinski definition) is 0. The molecule has 2 aromatic carbocycles. The van der Waals surface area contributed by atoms with Crippen LogP contribution < -0.4 is 14.2 Å². The molecular weight excluding hydrogens is 306 g/mol. The molecule has 2 rings (SSSR count). The van der Waals surface area contributed by atoms with Gasteiger partial charge >= 0.3 is 0 Å². The molecule has 0 fully saturated rings. The minimum absolute atomic E-state index is 0.0398. The summed E-state index contributed by atoms with van der Waals surface area (Å²) >= 11 is 0. The maximum Gasteiger partial charge on any atom is 0.227 e. The van der Waals surface area contributed by atoms with Gasteiger partial charge in [0.15, 0.2) is 11.5 Å². The molecule has 0 aromatic heterocycles. The van der Waals surface area contributed by atoms with Crippen LogP contribution in [0.1, 0.15) is 11.1 Å². The van der Waals surface area contributed by atoms with Crippen molar-refractivity contribution in [1.82, 2.24) is 4.90 Å². The summed E-state index contributed by atoms with van der Waals surface area (Å²) in [7, 11) is 6.60. The molecule has 0 spiro atoms. The highest BCUT2D eigenvalue weighted by Crippen LogP contribution is 2.28. The molecule has 0 saturated carbocycles. The van der Waals surface area contributed by atoms with Gasteiger partial charge in [-0.15, -0.1) is 0 Å². The zero-order chi connectivity index (χ0) is 17.5. The van der Waals surface area contributed by atoms with Gasteiger partial charge in [0.05, 0.1) is 27.8 Å². The lowest BCUT2D eigenvalue weighted by Crippen LogP contribution is -2.27. The van der Waals surface area contributed by atoms with Crippen LogP contribution in [0.4, 0.5) is 0 Å². The van der Waals surface area contributed by atoms with Gasteiger partial charge < -0.3 is 19.1 Å².